The molecule has 0 spiro atoms. The van der Waals surface area contributed by atoms with Gasteiger partial charge in [0.15, 0.2) is 0 Å². The van der Waals surface area contributed by atoms with Gasteiger partial charge < -0.3 is 10.0 Å². The van der Waals surface area contributed by atoms with E-state index in [0.717, 1.165) is 37.8 Å². The highest BCUT2D eigenvalue weighted by atomic mass is 35.5. The van der Waals surface area contributed by atoms with Crippen LogP contribution in [0.25, 0.3) is 0 Å². The lowest BCUT2D eigenvalue weighted by Gasteiger charge is -2.39. The average molecular weight is 336 g/mol. The van der Waals surface area contributed by atoms with Crippen LogP contribution in [0, 0.1) is 11.8 Å². The predicted molar refractivity (Wildman–Crippen MR) is 88.2 cm³/mol. The summed E-state index contributed by atoms with van der Waals surface area (Å²) in [5.74, 6) is -1.67. The molecular formula is C18H22ClNO3. The van der Waals surface area contributed by atoms with Gasteiger partial charge >= 0.3 is 5.97 Å². The minimum absolute atomic E-state index is 0.0190. The van der Waals surface area contributed by atoms with Crippen molar-refractivity contribution in [1.82, 2.24) is 4.90 Å². The maximum Gasteiger partial charge on any atom is 0.307 e. The highest BCUT2D eigenvalue weighted by molar-refractivity contribution is 6.30. The van der Waals surface area contributed by atoms with Crippen molar-refractivity contribution >= 4 is 23.5 Å². The number of halogens is 1. The number of amides is 1. The summed E-state index contributed by atoms with van der Waals surface area (Å²) in [6.45, 7) is 0.717. The fourth-order valence-corrected chi connectivity index (χ4v) is 3.83. The van der Waals surface area contributed by atoms with E-state index in [9.17, 15) is 14.7 Å². The van der Waals surface area contributed by atoms with Crippen LogP contribution in [0.2, 0.25) is 5.02 Å². The van der Waals surface area contributed by atoms with Crippen LogP contribution in [-0.2, 0) is 9.59 Å². The summed E-state index contributed by atoms with van der Waals surface area (Å²) in [7, 11) is 0. The van der Waals surface area contributed by atoms with Gasteiger partial charge in [-0.3, -0.25) is 9.59 Å². The van der Waals surface area contributed by atoms with Crippen molar-refractivity contribution in [2.24, 2.45) is 11.8 Å². The largest absolute Gasteiger partial charge is 0.481 e. The van der Waals surface area contributed by atoms with Crippen LogP contribution in [0.15, 0.2) is 24.3 Å². The maximum atomic E-state index is 12.9. The van der Waals surface area contributed by atoms with Gasteiger partial charge in [-0.1, -0.05) is 36.6 Å². The highest BCUT2D eigenvalue weighted by Crippen LogP contribution is 2.39. The van der Waals surface area contributed by atoms with Crippen LogP contribution < -0.4 is 0 Å². The third-order valence-corrected chi connectivity index (χ3v) is 5.45. The molecule has 1 aliphatic carbocycles. The van der Waals surface area contributed by atoms with E-state index in [4.69, 9.17) is 11.6 Å². The van der Waals surface area contributed by atoms with Crippen LogP contribution in [0.4, 0.5) is 0 Å². The average Bonchev–Trinajstić information content (AvgIpc) is 2.72. The van der Waals surface area contributed by atoms with Crippen molar-refractivity contribution in [3.8, 4) is 0 Å². The first kappa shape index (κ1) is 16.3. The Labute approximate surface area is 141 Å². The topological polar surface area (TPSA) is 57.6 Å². The van der Waals surface area contributed by atoms with E-state index in [-0.39, 0.29) is 17.9 Å². The molecule has 0 aromatic heterocycles. The number of nitrogens with zero attached hydrogens (tertiary/aromatic N) is 1. The zero-order valence-corrected chi connectivity index (χ0v) is 13.8. The van der Waals surface area contributed by atoms with Crippen molar-refractivity contribution < 1.29 is 14.7 Å². The SMILES string of the molecule is O=C(O)C1CCC1C(=O)N1CCCCCC1c1ccc(Cl)cc1. The van der Waals surface area contributed by atoms with Gasteiger partial charge in [-0.2, -0.15) is 0 Å². The highest BCUT2D eigenvalue weighted by Gasteiger charge is 2.44. The van der Waals surface area contributed by atoms with Gasteiger partial charge in [0.2, 0.25) is 5.91 Å². The summed E-state index contributed by atoms with van der Waals surface area (Å²) in [4.78, 5) is 26.1. The predicted octanol–water partition coefficient (Wildman–Crippen LogP) is 3.89. The molecule has 3 unspecified atom stereocenters. The molecule has 1 aromatic carbocycles. The molecular weight excluding hydrogens is 314 g/mol. The molecule has 2 fully saturated rings. The molecule has 23 heavy (non-hydrogen) atoms. The third-order valence-electron chi connectivity index (χ3n) is 5.20. The van der Waals surface area contributed by atoms with Crippen molar-refractivity contribution in [2.45, 2.75) is 44.6 Å². The quantitative estimate of drug-likeness (QED) is 0.911. The number of likely N-dealkylation sites (tertiary alicyclic amines) is 1. The van der Waals surface area contributed by atoms with E-state index in [2.05, 4.69) is 0 Å². The molecule has 0 bridgehead atoms. The normalized spacial score (nSPS) is 27.9. The monoisotopic (exact) mass is 335 g/mol. The molecule has 1 saturated carbocycles. The van der Waals surface area contributed by atoms with Gasteiger partial charge in [-0.25, -0.2) is 0 Å². The standard InChI is InChI=1S/C18H22ClNO3/c19-13-7-5-12(6-8-13)16-4-2-1-3-11-20(16)17(21)14-9-10-15(14)18(22)23/h5-8,14-16H,1-4,9-11H2,(H,22,23). The van der Waals surface area contributed by atoms with E-state index in [1.165, 1.54) is 0 Å². The van der Waals surface area contributed by atoms with E-state index in [1.54, 1.807) is 0 Å². The van der Waals surface area contributed by atoms with Crippen LogP contribution in [-0.4, -0.2) is 28.4 Å². The number of hydrogen-bond acceptors (Lipinski definition) is 2. The smallest absolute Gasteiger partial charge is 0.307 e. The van der Waals surface area contributed by atoms with E-state index in [1.807, 2.05) is 29.2 Å². The Morgan fingerprint density at radius 3 is 2.30 bits per heavy atom. The molecule has 2 aliphatic rings. The second-order valence-electron chi connectivity index (χ2n) is 6.58. The Morgan fingerprint density at radius 2 is 1.70 bits per heavy atom. The number of carbonyl (C=O) groups excluding carboxylic acids is 1. The molecule has 1 heterocycles. The molecule has 1 aliphatic heterocycles. The lowest BCUT2D eigenvalue weighted by molar-refractivity contribution is -0.157. The lowest BCUT2D eigenvalue weighted by atomic mass is 9.72. The fraction of sp³-hybridized carbons (Fsp3) is 0.556. The first-order valence-electron chi connectivity index (χ1n) is 8.36. The number of rotatable bonds is 3. The van der Waals surface area contributed by atoms with E-state index >= 15 is 0 Å². The first-order chi connectivity index (χ1) is 11.1. The first-order valence-corrected chi connectivity index (χ1v) is 8.74. The Bertz CT molecular complexity index is 586. The molecule has 4 nitrogen and oxygen atoms in total. The maximum absolute atomic E-state index is 12.9. The third kappa shape index (κ3) is 3.37. The van der Waals surface area contributed by atoms with Crippen LogP contribution in [0.3, 0.4) is 0 Å². The molecule has 3 atom stereocenters. The van der Waals surface area contributed by atoms with Gasteiger partial charge in [-0.05, 0) is 43.4 Å². The van der Waals surface area contributed by atoms with Crippen molar-refractivity contribution in [1.29, 1.82) is 0 Å². The Hall–Kier alpha value is -1.55. The van der Waals surface area contributed by atoms with Gasteiger partial charge in [0.1, 0.15) is 0 Å². The molecule has 1 saturated heterocycles. The number of carboxylic acids is 1. The van der Waals surface area contributed by atoms with Crippen molar-refractivity contribution in [2.75, 3.05) is 6.54 Å². The van der Waals surface area contributed by atoms with Gasteiger partial charge in [-0.15, -0.1) is 0 Å². The molecule has 124 valence electrons. The summed E-state index contributed by atoms with van der Waals surface area (Å²) < 4.78 is 0. The van der Waals surface area contributed by atoms with Crippen LogP contribution >= 0.6 is 11.6 Å². The zero-order chi connectivity index (χ0) is 16.4. The molecule has 1 amide bonds. The molecule has 1 aromatic rings. The van der Waals surface area contributed by atoms with Crippen molar-refractivity contribution in [3.05, 3.63) is 34.9 Å². The van der Waals surface area contributed by atoms with Gasteiger partial charge in [0.25, 0.3) is 0 Å². The minimum Gasteiger partial charge on any atom is -0.481 e. The lowest BCUT2D eigenvalue weighted by Crippen LogP contribution is -2.47. The number of aliphatic carboxylic acids is 1. The summed E-state index contributed by atoms with van der Waals surface area (Å²) in [5.41, 5.74) is 1.09. The second kappa shape index (κ2) is 6.91. The summed E-state index contributed by atoms with van der Waals surface area (Å²) in [6.07, 6.45) is 5.42. The minimum atomic E-state index is -0.840. The Balaban J connectivity index is 1.82. The van der Waals surface area contributed by atoms with E-state index < -0.39 is 11.9 Å². The summed E-state index contributed by atoms with van der Waals surface area (Å²) in [5, 5.41) is 9.92. The Morgan fingerprint density at radius 1 is 1.00 bits per heavy atom. The number of hydrogen-bond donors (Lipinski definition) is 1. The second-order valence-corrected chi connectivity index (χ2v) is 7.01. The van der Waals surface area contributed by atoms with Crippen LogP contribution in [0.5, 0.6) is 0 Å². The summed E-state index contributed by atoms with van der Waals surface area (Å²) >= 11 is 5.97. The van der Waals surface area contributed by atoms with Gasteiger partial charge in [0.05, 0.1) is 17.9 Å². The molecule has 3 rings (SSSR count). The molecule has 5 heteroatoms. The number of carbonyl (C=O) groups is 2. The molecule has 0 radical (unpaired) electrons. The number of carboxylic acid groups (broad SMARTS) is 1. The zero-order valence-electron chi connectivity index (χ0n) is 13.1. The van der Waals surface area contributed by atoms with E-state index in [0.29, 0.717) is 17.9 Å². The van der Waals surface area contributed by atoms with Gasteiger partial charge in [0, 0.05) is 11.6 Å². The fourth-order valence-electron chi connectivity index (χ4n) is 3.71. The Kier molecular flexibility index (Phi) is 4.90. The number of benzene rings is 1. The summed E-state index contributed by atoms with van der Waals surface area (Å²) in [6, 6.07) is 7.71. The van der Waals surface area contributed by atoms with Crippen LogP contribution in [0.1, 0.15) is 50.1 Å². The molecule has 1 N–H and O–H groups in total. The van der Waals surface area contributed by atoms with Crippen molar-refractivity contribution in [3.63, 3.8) is 0 Å².